The fourth-order valence-corrected chi connectivity index (χ4v) is 4.21. The summed E-state index contributed by atoms with van der Waals surface area (Å²) < 4.78 is 29.3. The Morgan fingerprint density at radius 3 is 2.72 bits per heavy atom. The van der Waals surface area contributed by atoms with Crippen LogP contribution in [-0.2, 0) is 14.6 Å². The van der Waals surface area contributed by atoms with Gasteiger partial charge in [-0.15, -0.1) is 0 Å². The molecular weight excluding hydrogens is 396 g/mol. The van der Waals surface area contributed by atoms with Crippen LogP contribution < -0.4 is 0 Å². The second-order valence-corrected chi connectivity index (χ2v) is 9.33. The number of hydrogen-bond donors (Lipinski definition) is 4. The van der Waals surface area contributed by atoms with Crippen molar-refractivity contribution in [3.63, 3.8) is 0 Å². The Morgan fingerprint density at radius 2 is 2.00 bits per heavy atom. The highest BCUT2D eigenvalue weighted by Crippen LogP contribution is 2.34. The van der Waals surface area contributed by atoms with Crippen molar-refractivity contribution < 1.29 is 28.5 Å². The third-order valence-corrected chi connectivity index (χ3v) is 6.23. The van der Waals surface area contributed by atoms with Crippen LogP contribution in [0.4, 0.5) is 0 Å². The van der Waals surface area contributed by atoms with Crippen molar-refractivity contribution in [3.8, 4) is 11.4 Å². The van der Waals surface area contributed by atoms with Gasteiger partial charge < -0.3 is 25.0 Å². The van der Waals surface area contributed by atoms with Crippen LogP contribution in [0.3, 0.4) is 0 Å². The van der Waals surface area contributed by atoms with Crippen molar-refractivity contribution >= 4 is 20.9 Å². The maximum Gasteiger partial charge on any atom is 0.175 e. The molecule has 154 valence electrons. The molecule has 0 spiro atoms. The minimum atomic E-state index is -3.33. The Kier molecular flexibility index (Phi) is 5.18. The molecule has 0 amide bonds. The highest BCUT2D eigenvalue weighted by atomic mass is 32.2. The molecule has 0 saturated carbocycles. The number of nitrogens with one attached hydrogen (secondary N) is 1. The molecular formula is C20H22N2O6S. The van der Waals surface area contributed by atoms with E-state index in [1.165, 1.54) is 6.07 Å². The number of sulfone groups is 1. The fourth-order valence-electron chi connectivity index (χ4n) is 3.57. The predicted molar refractivity (Wildman–Crippen MR) is 106 cm³/mol. The lowest BCUT2D eigenvalue weighted by atomic mass is 9.92. The molecule has 0 aliphatic carbocycles. The van der Waals surface area contributed by atoms with Gasteiger partial charge in [0, 0.05) is 18.2 Å². The van der Waals surface area contributed by atoms with E-state index in [4.69, 9.17) is 4.74 Å². The highest BCUT2D eigenvalue weighted by Gasteiger charge is 2.37. The second-order valence-electron chi connectivity index (χ2n) is 7.32. The van der Waals surface area contributed by atoms with E-state index in [1.54, 1.807) is 30.3 Å². The first-order chi connectivity index (χ1) is 13.8. The van der Waals surface area contributed by atoms with Crippen molar-refractivity contribution in [3.05, 3.63) is 48.0 Å². The molecule has 4 N–H and O–H groups in total. The quantitative estimate of drug-likeness (QED) is 0.500. The molecule has 1 aliphatic heterocycles. The summed E-state index contributed by atoms with van der Waals surface area (Å²) in [5, 5.41) is 29.8. The topological polar surface area (TPSA) is 133 Å². The molecule has 1 fully saturated rings. The van der Waals surface area contributed by atoms with E-state index in [9.17, 15) is 23.7 Å². The minimum absolute atomic E-state index is 0.167. The number of imidazole rings is 1. The van der Waals surface area contributed by atoms with Crippen LogP contribution in [0.1, 0.15) is 18.1 Å². The molecule has 4 rings (SSSR count). The van der Waals surface area contributed by atoms with Crippen LogP contribution in [0.5, 0.6) is 0 Å². The van der Waals surface area contributed by atoms with Crippen molar-refractivity contribution in [1.82, 2.24) is 9.97 Å². The van der Waals surface area contributed by atoms with Gasteiger partial charge >= 0.3 is 0 Å². The molecule has 29 heavy (non-hydrogen) atoms. The van der Waals surface area contributed by atoms with Gasteiger partial charge in [0.05, 0.1) is 34.7 Å². The largest absolute Gasteiger partial charge is 0.394 e. The van der Waals surface area contributed by atoms with Crippen LogP contribution in [0.2, 0.25) is 0 Å². The Labute approximate surface area is 167 Å². The number of hydrogen-bond acceptors (Lipinski definition) is 7. The number of rotatable bonds is 4. The number of ether oxygens (including phenoxy) is 1. The molecule has 3 aromatic rings. The third-order valence-electron chi connectivity index (χ3n) is 5.12. The van der Waals surface area contributed by atoms with E-state index in [0.29, 0.717) is 22.4 Å². The number of aliphatic hydroxyl groups is 3. The van der Waals surface area contributed by atoms with E-state index in [1.807, 2.05) is 6.07 Å². The Balaban J connectivity index is 1.70. The van der Waals surface area contributed by atoms with Gasteiger partial charge in [0.15, 0.2) is 9.84 Å². The van der Waals surface area contributed by atoms with Gasteiger partial charge in [0.1, 0.15) is 18.0 Å². The Hall–Kier alpha value is -2.30. The van der Waals surface area contributed by atoms with Crippen LogP contribution in [0.25, 0.3) is 22.4 Å². The summed E-state index contributed by atoms with van der Waals surface area (Å²) in [5.41, 5.74) is 2.58. The van der Waals surface area contributed by atoms with Crippen LogP contribution in [0, 0.1) is 0 Å². The van der Waals surface area contributed by atoms with Crippen molar-refractivity contribution in [2.24, 2.45) is 0 Å². The first-order valence-corrected chi connectivity index (χ1v) is 11.1. The maximum atomic E-state index is 11.8. The lowest BCUT2D eigenvalue weighted by molar-refractivity contribution is -0.179. The first-order valence-electron chi connectivity index (χ1n) is 9.19. The smallest absolute Gasteiger partial charge is 0.175 e. The molecule has 9 heteroatoms. The number of nitrogens with zero attached hydrogens (tertiary/aromatic N) is 1. The SMILES string of the molecule is CS(=O)(=O)c1ccc2nc(-c3cccc([C@H]4OC(CO)CC(O)C4O)c3)[nH]c2c1. The minimum Gasteiger partial charge on any atom is -0.394 e. The van der Waals surface area contributed by atoms with Crippen molar-refractivity contribution in [2.75, 3.05) is 12.9 Å². The van der Waals surface area contributed by atoms with Gasteiger partial charge in [0.2, 0.25) is 0 Å². The summed E-state index contributed by atoms with van der Waals surface area (Å²) in [5.74, 6) is 0.539. The molecule has 1 saturated heterocycles. The number of aromatic amines is 1. The summed E-state index contributed by atoms with van der Waals surface area (Å²) in [6, 6.07) is 11.9. The predicted octanol–water partition coefficient (Wildman–Crippen LogP) is 1.18. The molecule has 2 aromatic carbocycles. The first kappa shape index (κ1) is 20.0. The van der Waals surface area contributed by atoms with Crippen molar-refractivity contribution in [2.45, 2.75) is 35.7 Å². The zero-order valence-corrected chi connectivity index (χ0v) is 16.5. The molecule has 0 radical (unpaired) electrons. The molecule has 1 aliphatic rings. The summed E-state index contributed by atoms with van der Waals surface area (Å²) in [6.07, 6.45) is -2.12. The van der Waals surface area contributed by atoms with Crippen LogP contribution >= 0.6 is 0 Å². The van der Waals surface area contributed by atoms with Gasteiger partial charge in [-0.1, -0.05) is 18.2 Å². The fraction of sp³-hybridized carbons (Fsp3) is 0.350. The molecule has 8 nitrogen and oxygen atoms in total. The molecule has 1 aromatic heterocycles. The summed E-state index contributed by atoms with van der Waals surface area (Å²) in [7, 11) is -3.33. The molecule has 3 unspecified atom stereocenters. The average Bonchev–Trinajstić information content (AvgIpc) is 3.13. The zero-order chi connectivity index (χ0) is 20.8. The molecule has 4 atom stereocenters. The van der Waals surface area contributed by atoms with Gasteiger partial charge in [-0.2, -0.15) is 0 Å². The third kappa shape index (κ3) is 3.92. The Morgan fingerprint density at radius 1 is 1.21 bits per heavy atom. The zero-order valence-electron chi connectivity index (χ0n) is 15.7. The maximum absolute atomic E-state index is 11.8. The number of aliphatic hydroxyl groups excluding tert-OH is 3. The average molecular weight is 418 g/mol. The van der Waals surface area contributed by atoms with Gasteiger partial charge in [-0.3, -0.25) is 0 Å². The van der Waals surface area contributed by atoms with Crippen molar-refractivity contribution in [1.29, 1.82) is 0 Å². The number of fused-ring (bicyclic) bond motifs is 1. The summed E-state index contributed by atoms with van der Waals surface area (Å²) >= 11 is 0. The monoisotopic (exact) mass is 418 g/mol. The number of benzene rings is 2. The highest BCUT2D eigenvalue weighted by molar-refractivity contribution is 7.90. The number of aromatic nitrogens is 2. The van der Waals surface area contributed by atoms with E-state index >= 15 is 0 Å². The van der Waals surface area contributed by atoms with Gasteiger partial charge in [-0.25, -0.2) is 13.4 Å². The molecule has 2 heterocycles. The van der Waals surface area contributed by atoms with Gasteiger partial charge in [0.25, 0.3) is 0 Å². The lowest BCUT2D eigenvalue weighted by Gasteiger charge is -2.36. The van der Waals surface area contributed by atoms with E-state index < -0.39 is 34.3 Å². The standard InChI is InChI=1S/C20H22N2O6S/c1-29(26,27)14-5-6-15-16(9-14)22-20(21-15)12-4-2-3-11(7-12)19-18(25)17(24)8-13(10-23)28-19/h2-7,9,13,17-19,23-25H,8,10H2,1H3,(H,21,22)/t13?,17?,18?,19-/m1/s1. The van der Waals surface area contributed by atoms with E-state index in [2.05, 4.69) is 9.97 Å². The summed E-state index contributed by atoms with van der Waals surface area (Å²) in [6.45, 7) is -0.244. The van der Waals surface area contributed by atoms with E-state index in [0.717, 1.165) is 11.8 Å². The number of H-pyrrole nitrogens is 1. The van der Waals surface area contributed by atoms with Gasteiger partial charge in [-0.05, 0) is 29.8 Å². The van der Waals surface area contributed by atoms with E-state index in [-0.39, 0.29) is 17.9 Å². The normalized spacial score (nSPS) is 25.4. The second kappa shape index (κ2) is 7.51. The molecule has 0 bridgehead atoms. The lowest BCUT2D eigenvalue weighted by Crippen LogP contribution is -2.44. The summed E-state index contributed by atoms with van der Waals surface area (Å²) in [4.78, 5) is 7.85. The van der Waals surface area contributed by atoms with Crippen LogP contribution in [0.15, 0.2) is 47.4 Å². The van der Waals surface area contributed by atoms with Crippen LogP contribution in [-0.4, -0.2) is 64.9 Å². The Bertz CT molecular complexity index is 1140.